The molecule has 35 heavy (non-hydrogen) atoms. The number of carbonyl (C=O) groups excluding carboxylic acids is 4. The standard InChI is InChI=1S/C24H33N3O8/c1-3-33-20-14-17(8-9-19(20)34-15-21(28)27-10-12-32-13-11-27)23(30)35-16(2)22(29)26-24(31)25-18-6-4-5-7-18/h8-9,14,16,18H,3-7,10-13,15H2,1-2H3,(H2,25,26,29,31)/t16-/m0/s1. The van der Waals surface area contributed by atoms with E-state index in [1.165, 1.54) is 25.1 Å². The van der Waals surface area contributed by atoms with Crippen molar-refractivity contribution in [2.45, 2.75) is 51.7 Å². The quantitative estimate of drug-likeness (QED) is 0.498. The molecule has 2 fully saturated rings. The van der Waals surface area contributed by atoms with E-state index in [9.17, 15) is 19.2 Å². The van der Waals surface area contributed by atoms with Gasteiger partial charge in [0, 0.05) is 19.1 Å². The van der Waals surface area contributed by atoms with Crippen LogP contribution < -0.4 is 20.1 Å². The zero-order valence-electron chi connectivity index (χ0n) is 20.2. The fourth-order valence-electron chi connectivity index (χ4n) is 3.85. The molecule has 3 rings (SSSR count). The van der Waals surface area contributed by atoms with Crippen molar-refractivity contribution in [3.8, 4) is 11.5 Å². The number of nitrogens with zero attached hydrogens (tertiary/aromatic N) is 1. The topological polar surface area (TPSA) is 132 Å². The maximum atomic E-state index is 12.6. The first-order valence-corrected chi connectivity index (χ1v) is 11.9. The third-order valence-electron chi connectivity index (χ3n) is 5.77. The van der Waals surface area contributed by atoms with Gasteiger partial charge in [0.1, 0.15) is 0 Å². The van der Waals surface area contributed by atoms with E-state index in [4.69, 9.17) is 18.9 Å². The summed E-state index contributed by atoms with van der Waals surface area (Å²) < 4.78 is 21.7. The summed E-state index contributed by atoms with van der Waals surface area (Å²) in [6.45, 7) is 5.30. The number of imide groups is 1. The lowest BCUT2D eigenvalue weighted by molar-refractivity contribution is -0.137. The summed E-state index contributed by atoms with van der Waals surface area (Å²) in [4.78, 5) is 50.8. The van der Waals surface area contributed by atoms with Gasteiger partial charge in [-0.1, -0.05) is 12.8 Å². The average Bonchev–Trinajstić information content (AvgIpc) is 3.36. The van der Waals surface area contributed by atoms with Crippen molar-refractivity contribution in [2.24, 2.45) is 0 Å². The molecule has 1 atom stereocenters. The van der Waals surface area contributed by atoms with Crippen molar-refractivity contribution in [1.29, 1.82) is 0 Å². The largest absolute Gasteiger partial charge is 0.490 e. The van der Waals surface area contributed by atoms with Crippen LogP contribution in [0.4, 0.5) is 4.79 Å². The summed E-state index contributed by atoms with van der Waals surface area (Å²) in [6, 6.07) is 3.85. The van der Waals surface area contributed by atoms with Crippen LogP contribution in [0.1, 0.15) is 49.9 Å². The highest BCUT2D eigenvalue weighted by atomic mass is 16.5. The minimum Gasteiger partial charge on any atom is -0.490 e. The highest BCUT2D eigenvalue weighted by Gasteiger charge is 2.24. The fraction of sp³-hybridized carbons (Fsp3) is 0.583. The lowest BCUT2D eigenvalue weighted by atomic mass is 10.2. The van der Waals surface area contributed by atoms with Crippen molar-refractivity contribution in [2.75, 3.05) is 39.5 Å². The van der Waals surface area contributed by atoms with E-state index in [1.807, 2.05) is 0 Å². The number of benzene rings is 1. The molecule has 0 aromatic heterocycles. The molecule has 1 aromatic carbocycles. The van der Waals surface area contributed by atoms with Crippen LogP contribution in [0.3, 0.4) is 0 Å². The molecule has 2 N–H and O–H groups in total. The summed E-state index contributed by atoms with van der Waals surface area (Å²) in [5.41, 5.74) is 0.135. The number of amides is 4. The molecule has 1 aromatic rings. The Hall–Kier alpha value is -3.34. The molecule has 0 bridgehead atoms. The molecule has 4 amide bonds. The zero-order chi connectivity index (χ0) is 25.2. The number of hydrogen-bond donors (Lipinski definition) is 2. The SMILES string of the molecule is CCOc1cc(C(=O)O[C@@H](C)C(=O)NC(=O)NC2CCCC2)ccc1OCC(=O)N1CCOCC1. The molecule has 11 nitrogen and oxygen atoms in total. The molecule has 0 unspecified atom stereocenters. The van der Waals surface area contributed by atoms with Gasteiger partial charge in [0.05, 0.1) is 25.4 Å². The van der Waals surface area contributed by atoms with Crippen LogP contribution in [0.5, 0.6) is 11.5 Å². The molecule has 0 radical (unpaired) electrons. The van der Waals surface area contributed by atoms with Crippen LogP contribution in [0.25, 0.3) is 0 Å². The second-order valence-corrected chi connectivity index (χ2v) is 8.37. The molecular weight excluding hydrogens is 458 g/mol. The molecule has 192 valence electrons. The molecule has 1 aliphatic heterocycles. The average molecular weight is 492 g/mol. The van der Waals surface area contributed by atoms with E-state index in [0.717, 1.165) is 25.7 Å². The van der Waals surface area contributed by atoms with E-state index in [0.29, 0.717) is 38.7 Å². The minimum absolute atomic E-state index is 0.0579. The van der Waals surface area contributed by atoms with Crippen molar-refractivity contribution < 1.29 is 38.1 Å². The van der Waals surface area contributed by atoms with Crippen LogP contribution in [0.15, 0.2) is 18.2 Å². The Bertz CT molecular complexity index is 910. The van der Waals surface area contributed by atoms with E-state index in [-0.39, 0.29) is 29.9 Å². The van der Waals surface area contributed by atoms with Crippen LogP contribution in [-0.2, 0) is 19.1 Å². The van der Waals surface area contributed by atoms with E-state index in [2.05, 4.69) is 10.6 Å². The van der Waals surface area contributed by atoms with Gasteiger partial charge in [-0.25, -0.2) is 9.59 Å². The number of ether oxygens (including phenoxy) is 4. The Balaban J connectivity index is 1.54. The Kier molecular flexibility index (Phi) is 9.71. The molecule has 11 heteroatoms. The van der Waals surface area contributed by atoms with Crippen LogP contribution in [-0.4, -0.2) is 80.4 Å². The van der Waals surface area contributed by atoms with Gasteiger partial charge < -0.3 is 29.2 Å². The molecule has 1 aliphatic carbocycles. The molecule has 1 saturated carbocycles. The summed E-state index contributed by atoms with van der Waals surface area (Å²) in [5.74, 6) is -1.08. The molecule has 2 aliphatic rings. The number of hydrogen-bond acceptors (Lipinski definition) is 8. The van der Waals surface area contributed by atoms with Gasteiger partial charge >= 0.3 is 12.0 Å². The molecular formula is C24H33N3O8. The van der Waals surface area contributed by atoms with Gasteiger partial charge in [-0.05, 0) is 44.9 Å². The van der Waals surface area contributed by atoms with E-state index in [1.54, 1.807) is 11.8 Å². The summed E-state index contributed by atoms with van der Waals surface area (Å²) in [6.07, 6.45) is 2.68. The summed E-state index contributed by atoms with van der Waals surface area (Å²) >= 11 is 0. The summed E-state index contributed by atoms with van der Waals surface area (Å²) in [7, 11) is 0. The van der Waals surface area contributed by atoms with Gasteiger partial charge in [0.2, 0.25) is 0 Å². The maximum Gasteiger partial charge on any atom is 0.339 e. The predicted octanol–water partition coefficient (Wildman–Crippen LogP) is 1.64. The number of nitrogens with one attached hydrogen (secondary N) is 2. The Morgan fingerprint density at radius 1 is 1.09 bits per heavy atom. The fourth-order valence-corrected chi connectivity index (χ4v) is 3.85. The smallest absolute Gasteiger partial charge is 0.339 e. The number of urea groups is 1. The second-order valence-electron chi connectivity index (χ2n) is 8.37. The Morgan fingerprint density at radius 2 is 1.80 bits per heavy atom. The number of rotatable bonds is 9. The van der Waals surface area contributed by atoms with Crippen molar-refractivity contribution in [3.05, 3.63) is 23.8 Å². The molecule has 1 heterocycles. The monoisotopic (exact) mass is 491 g/mol. The van der Waals surface area contributed by atoms with Crippen LogP contribution in [0, 0.1) is 0 Å². The molecule has 0 spiro atoms. The normalized spacial score (nSPS) is 16.8. The first-order chi connectivity index (χ1) is 16.9. The maximum absolute atomic E-state index is 12.6. The van der Waals surface area contributed by atoms with Gasteiger partial charge in [-0.3, -0.25) is 14.9 Å². The highest BCUT2D eigenvalue weighted by molar-refractivity contribution is 5.98. The highest BCUT2D eigenvalue weighted by Crippen LogP contribution is 2.29. The Morgan fingerprint density at radius 3 is 2.49 bits per heavy atom. The number of morpholine rings is 1. The first-order valence-electron chi connectivity index (χ1n) is 11.9. The van der Waals surface area contributed by atoms with Crippen molar-refractivity contribution in [3.63, 3.8) is 0 Å². The van der Waals surface area contributed by atoms with Crippen LogP contribution in [0.2, 0.25) is 0 Å². The van der Waals surface area contributed by atoms with Crippen LogP contribution >= 0.6 is 0 Å². The van der Waals surface area contributed by atoms with Gasteiger partial charge in [-0.2, -0.15) is 0 Å². The lowest BCUT2D eigenvalue weighted by Crippen LogP contribution is -2.47. The lowest BCUT2D eigenvalue weighted by Gasteiger charge is -2.26. The first kappa shape index (κ1) is 26.3. The molecule has 1 saturated heterocycles. The summed E-state index contributed by atoms with van der Waals surface area (Å²) in [5, 5.41) is 4.95. The number of esters is 1. The van der Waals surface area contributed by atoms with Crippen molar-refractivity contribution in [1.82, 2.24) is 15.5 Å². The third-order valence-corrected chi connectivity index (χ3v) is 5.77. The Labute approximate surface area is 204 Å². The van der Waals surface area contributed by atoms with E-state index < -0.39 is 24.0 Å². The number of carbonyl (C=O) groups is 4. The second kappa shape index (κ2) is 12.9. The third kappa shape index (κ3) is 7.84. The van der Waals surface area contributed by atoms with Gasteiger partial charge in [0.25, 0.3) is 11.8 Å². The van der Waals surface area contributed by atoms with Gasteiger partial charge in [0.15, 0.2) is 24.2 Å². The van der Waals surface area contributed by atoms with E-state index >= 15 is 0 Å². The van der Waals surface area contributed by atoms with Crippen molar-refractivity contribution >= 4 is 23.8 Å². The minimum atomic E-state index is -1.19. The zero-order valence-corrected chi connectivity index (χ0v) is 20.2. The predicted molar refractivity (Wildman–Crippen MR) is 124 cm³/mol. The van der Waals surface area contributed by atoms with Gasteiger partial charge in [-0.15, -0.1) is 0 Å².